The summed E-state index contributed by atoms with van der Waals surface area (Å²) in [5.41, 5.74) is 1.72. The van der Waals surface area contributed by atoms with Gasteiger partial charge in [-0.25, -0.2) is 4.39 Å². The summed E-state index contributed by atoms with van der Waals surface area (Å²) in [4.78, 5) is 0. The molecule has 3 heteroatoms. The van der Waals surface area contributed by atoms with Crippen LogP contribution >= 0.6 is 0 Å². The van der Waals surface area contributed by atoms with Crippen molar-refractivity contribution >= 4 is 0 Å². The lowest BCUT2D eigenvalue weighted by molar-refractivity contribution is 0.0842. The molecule has 0 aliphatic carbocycles. The van der Waals surface area contributed by atoms with E-state index in [9.17, 15) is 0 Å². The van der Waals surface area contributed by atoms with Crippen LogP contribution in [0.15, 0.2) is 12.1 Å². The molecular weight excluding hydrogens is 241 g/mol. The van der Waals surface area contributed by atoms with Gasteiger partial charge in [0, 0.05) is 30.5 Å². The molecule has 2 saturated heterocycles. The van der Waals surface area contributed by atoms with Crippen LogP contribution in [0.2, 0.25) is 0 Å². The van der Waals surface area contributed by atoms with Crippen LogP contribution in [0.25, 0.3) is 0 Å². The van der Waals surface area contributed by atoms with Crippen molar-refractivity contribution in [1.82, 2.24) is 5.32 Å². The van der Waals surface area contributed by atoms with E-state index >= 15 is 4.39 Å². The zero-order valence-corrected chi connectivity index (χ0v) is 11.9. The summed E-state index contributed by atoms with van der Waals surface area (Å²) in [5.74, 6) is 0.740. The molecule has 1 N–H and O–H groups in total. The van der Waals surface area contributed by atoms with Gasteiger partial charge in [0.25, 0.3) is 0 Å². The van der Waals surface area contributed by atoms with Crippen molar-refractivity contribution in [3.8, 4) is 5.75 Å². The number of fused-ring (bicyclic) bond motifs is 2. The largest absolute Gasteiger partial charge is 0.496 e. The molecular formula is C16H22FNO. The summed E-state index contributed by atoms with van der Waals surface area (Å²) in [6.07, 6.45) is 3.34. The Labute approximate surface area is 114 Å². The van der Waals surface area contributed by atoms with Gasteiger partial charge in [-0.3, -0.25) is 0 Å². The van der Waals surface area contributed by atoms with Crippen LogP contribution in [-0.2, 0) is 5.67 Å². The Morgan fingerprint density at radius 1 is 1.21 bits per heavy atom. The first-order valence-corrected chi connectivity index (χ1v) is 7.13. The molecule has 2 aliphatic rings. The number of halogens is 1. The van der Waals surface area contributed by atoms with E-state index in [4.69, 9.17) is 4.74 Å². The quantitative estimate of drug-likeness (QED) is 0.883. The van der Waals surface area contributed by atoms with Crippen molar-refractivity contribution in [2.45, 2.75) is 57.3 Å². The minimum atomic E-state index is -1.24. The van der Waals surface area contributed by atoms with E-state index in [1.54, 1.807) is 7.11 Å². The first-order chi connectivity index (χ1) is 9.03. The molecule has 1 aromatic carbocycles. The molecule has 2 nitrogen and oxygen atoms in total. The second-order valence-electron chi connectivity index (χ2n) is 6.10. The normalized spacial score (nSPS) is 33.5. The molecule has 0 aromatic heterocycles. The van der Waals surface area contributed by atoms with Gasteiger partial charge in [-0.2, -0.15) is 0 Å². The zero-order chi connectivity index (χ0) is 13.6. The highest BCUT2D eigenvalue weighted by atomic mass is 19.1. The van der Waals surface area contributed by atoms with Crippen molar-refractivity contribution < 1.29 is 9.13 Å². The van der Waals surface area contributed by atoms with Gasteiger partial charge in [-0.15, -0.1) is 0 Å². The third-order valence-corrected chi connectivity index (χ3v) is 4.84. The van der Waals surface area contributed by atoms with Crippen LogP contribution in [-0.4, -0.2) is 19.2 Å². The van der Waals surface area contributed by atoms with Crippen molar-refractivity contribution in [2.75, 3.05) is 7.11 Å². The summed E-state index contributed by atoms with van der Waals surface area (Å²) in [7, 11) is 1.64. The van der Waals surface area contributed by atoms with Crippen LogP contribution in [0, 0.1) is 13.8 Å². The van der Waals surface area contributed by atoms with Crippen LogP contribution in [0.5, 0.6) is 5.75 Å². The van der Waals surface area contributed by atoms with E-state index in [1.165, 1.54) is 0 Å². The second kappa shape index (κ2) is 4.48. The zero-order valence-electron chi connectivity index (χ0n) is 11.9. The topological polar surface area (TPSA) is 21.3 Å². The van der Waals surface area contributed by atoms with Gasteiger partial charge in [0.1, 0.15) is 11.4 Å². The average Bonchev–Trinajstić information content (AvgIpc) is 2.72. The van der Waals surface area contributed by atoms with Crippen molar-refractivity contribution in [3.63, 3.8) is 0 Å². The highest BCUT2D eigenvalue weighted by molar-refractivity contribution is 5.48. The van der Waals surface area contributed by atoms with Crippen molar-refractivity contribution in [3.05, 3.63) is 28.8 Å². The third kappa shape index (κ3) is 2.04. The summed E-state index contributed by atoms with van der Waals surface area (Å²) >= 11 is 0. The standard InChI is InChI=1S/C16H22FNO/c1-10-4-7-14(15(19-3)11(10)2)16(17)8-12-5-6-13(9-16)18-12/h4,7,12-13,18H,5-6,8-9H2,1-3H3. The molecule has 19 heavy (non-hydrogen) atoms. The van der Waals surface area contributed by atoms with Gasteiger partial charge in [0.2, 0.25) is 0 Å². The molecule has 0 radical (unpaired) electrons. The van der Waals surface area contributed by atoms with Gasteiger partial charge >= 0.3 is 0 Å². The van der Waals surface area contributed by atoms with E-state index < -0.39 is 5.67 Å². The Bertz CT molecular complexity index is 488. The number of aryl methyl sites for hydroxylation is 1. The summed E-state index contributed by atoms with van der Waals surface area (Å²) in [6, 6.07) is 4.59. The number of alkyl halides is 1. The fourth-order valence-electron chi connectivity index (χ4n) is 3.71. The highest BCUT2D eigenvalue weighted by Crippen LogP contribution is 2.47. The monoisotopic (exact) mass is 263 g/mol. The molecule has 3 rings (SSSR count). The highest BCUT2D eigenvalue weighted by Gasteiger charge is 2.46. The smallest absolute Gasteiger partial charge is 0.142 e. The van der Waals surface area contributed by atoms with Gasteiger partial charge in [-0.1, -0.05) is 12.1 Å². The Morgan fingerprint density at radius 3 is 2.42 bits per heavy atom. The first-order valence-electron chi connectivity index (χ1n) is 7.13. The molecule has 2 fully saturated rings. The van der Waals surface area contributed by atoms with Gasteiger partial charge in [0.15, 0.2) is 0 Å². The lowest BCUT2D eigenvalue weighted by Crippen LogP contribution is -2.44. The van der Waals surface area contributed by atoms with E-state index in [0.29, 0.717) is 24.9 Å². The number of nitrogens with one attached hydrogen (secondary N) is 1. The number of piperidine rings is 1. The van der Waals surface area contributed by atoms with Gasteiger partial charge in [-0.05, 0) is 37.8 Å². The third-order valence-electron chi connectivity index (χ3n) is 4.84. The van der Waals surface area contributed by atoms with Crippen LogP contribution in [0.3, 0.4) is 0 Å². The molecule has 0 saturated carbocycles. The fraction of sp³-hybridized carbons (Fsp3) is 0.625. The van der Waals surface area contributed by atoms with Gasteiger partial charge in [0.05, 0.1) is 7.11 Å². The number of methoxy groups -OCH3 is 1. The van der Waals surface area contributed by atoms with Crippen molar-refractivity contribution in [2.24, 2.45) is 0 Å². The van der Waals surface area contributed by atoms with Crippen LogP contribution in [0.1, 0.15) is 42.4 Å². The minimum absolute atomic E-state index is 0.329. The first kappa shape index (κ1) is 12.9. The second-order valence-corrected chi connectivity index (χ2v) is 6.10. The molecule has 1 aromatic rings. The summed E-state index contributed by atoms with van der Waals surface area (Å²) in [5, 5.41) is 3.50. The molecule has 2 aliphatic heterocycles. The Morgan fingerprint density at radius 2 is 1.84 bits per heavy atom. The molecule has 2 unspecified atom stereocenters. The molecule has 0 amide bonds. The van der Waals surface area contributed by atoms with Crippen molar-refractivity contribution in [1.29, 1.82) is 0 Å². The molecule has 2 bridgehead atoms. The van der Waals surface area contributed by atoms with Crippen LogP contribution in [0.4, 0.5) is 4.39 Å². The Hall–Kier alpha value is -1.09. The predicted octanol–water partition coefficient (Wildman–Crippen LogP) is 3.39. The number of hydrogen-bond acceptors (Lipinski definition) is 2. The van der Waals surface area contributed by atoms with Crippen LogP contribution < -0.4 is 10.1 Å². The lowest BCUT2D eigenvalue weighted by Gasteiger charge is -2.36. The molecule has 104 valence electrons. The fourth-order valence-corrected chi connectivity index (χ4v) is 3.71. The van der Waals surface area contributed by atoms with E-state index in [0.717, 1.165) is 35.3 Å². The van der Waals surface area contributed by atoms with E-state index in [-0.39, 0.29) is 0 Å². The summed E-state index contributed by atoms with van der Waals surface area (Å²) < 4.78 is 21.0. The molecule has 0 spiro atoms. The maximum Gasteiger partial charge on any atom is 0.142 e. The van der Waals surface area contributed by atoms with E-state index in [1.807, 2.05) is 26.0 Å². The lowest BCUT2D eigenvalue weighted by atomic mass is 9.81. The number of rotatable bonds is 2. The Kier molecular flexibility index (Phi) is 3.05. The molecule has 2 atom stereocenters. The maximum absolute atomic E-state index is 15.5. The number of benzene rings is 1. The SMILES string of the molecule is COc1c(C2(F)CC3CCC(C2)N3)ccc(C)c1C. The summed E-state index contributed by atoms with van der Waals surface area (Å²) in [6.45, 7) is 4.05. The maximum atomic E-state index is 15.5. The minimum Gasteiger partial charge on any atom is -0.496 e. The molecule has 2 heterocycles. The van der Waals surface area contributed by atoms with E-state index in [2.05, 4.69) is 5.32 Å². The number of ether oxygens (including phenoxy) is 1. The number of hydrogen-bond donors (Lipinski definition) is 1. The Balaban J connectivity index is 2.04. The average molecular weight is 263 g/mol. The van der Waals surface area contributed by atoms with Gasteiger partial charge < -0.3 is 10.1 Å². The predicted molar refractivity (Wildman–Crippen MR) is 74.4 cm³/mol.